The van der Waals surface area contributed by atoms with Crippen LogP contribution in [0.3, 0.4) is 0 Å². The zero-order chi connectivity index (χ0) is 11.5. The molecule has 2 rings (SSSR count). The van der Waals surface area contributed by atoms with E-state index in [4.69, 9.17) is 5.11 Å². The number of hydrogen-bond donors (Lipinski definition) is 2. The van der Waals surface area contributed by atoms with Crippen molar-refractivity contribution in [3.05, 3.63) is 29.8 Å². The number of nitrogens with zero attached hydrogens (tertiary/aromatic N) is 1. The van der Waals surface area contributed by atoms with E-state index in [0.29, 0.717) is 0 Å². The summed E-state index contributed by atoms with van der Waals surface area (Å²) in [5.74, 6) is -0.781. The third-order valence-corrected chi connectivity index (χ3v) is 2.97. The molecule has 0 fully saturated rings. The van der Waals surface area contributed by atoms with Crippen LogP contribution in [-0.4, -0.2) is 30.2 Å². The predicted molar refractivity (Wildman–Crippen MR) is 62.6 cm³/mol. The van der Waals surface area contributed by atoms with E-state index >= 15 is 0 Å². The molecule has 0 spiro atoms. The Bertz CT molecular complexity index is 392. The van der Waals surface area contributed by atoms with E-state index in [-0.39, 0.29) is 0 Å². The first-order valence-corrected chi connectivity index (χ1v) is 5.48. The van der Waals surface area contributed by atoms with Gasteiger partial charge in [0.25, 0.3) is 0 Å². The molecule has 4 heteroatoms. The number of carbonyl (C=O) groups is 1. The van der Waals surface area contributed by atoms with Crippen molar-refractivity contribution in [3.63, 3.8) is 0 Å². The minimum Gasteiger partial charge on any atom is -0.480 e. The number of carboxylic acids is 1. The summed E-state index contributed by atoms with van der Waals surface area (Å²) < 4.78 is 0. The molecule has 86 valence electrons. The molecule has 0 bridgehead atoms. The summed E-state index contributed by atoms with van der Waals surface area (Å²) in [6.45, 7) is 4.07. The van der Waals surface area contributed by atoms with Gasteiger partial charge in [0.1, 0.15) is 6.04 Å². The largest absolute Gasteiger partial charge is 0.480 e. The molecule has 1 aromatic carbocycles. The van der Waals surface area contributed by atoms with Crippen LogP contribution in [0.2, 0.25) is 0 Å². The van der Waals surface area contributed by atoms with Gasteiger partial charge < -0.3 is 15.3 Å². The van der Waals surface area contributed by atoms with E-state index in [1.165, 1.54) is 0 Å². The first kappa shape index (κ1) is 11.0. The van der Waals surface area contributed by atoms with Gasteiger partial charge in [0.05, 0.1) is 0 Å². The molecule has 1 atom stereocenters. The molecule has 1 aliphatic rings. The second-order valence-corrected chi connectivity index (χ2v) is 4.01. The molecule has 1 aliphatic heterocycles. The molecule has 0 aliphatic carbocycles. The van der Waals surface area contributed by atoms with E-state index in [9.17, 15) is 4.79 Å². The van der Waals surface area contributed by atoms with Gasteiger partial charge in [0, 0.05) is 25.3 Å². The summed E-state index contributed by atoms with van der Waals surface area (Å²) in [6.07, 6.45) is 0. The molecule has 0 saturated carbocycles. The highest BCUT2D eigenvalue weighted by Crippen LogP contribution is 2.23. The smallest absolute Gasteiger partial charge is 0.326 e. The zero-order valence-corrected chi connectivity index (χ0v) is 9.31. The second kappa shape index (κ2) is 4.53. The van der Waals surface area contributed by atoms with Crippen molar-refractivity contribution in [2.24, 2.45) is 0 Å². The van der Waals surface area contributed by atoms with Crippen LogP contribution in [0.1, 0.15) is 12.5 Å². The van der Waals surface area contributed by atoms with Crippen LogP contribution in [0, 0.1) is 0 Å². The van der Waals surface area contributed by atoms with Crippen molar-refractivity contribution in [2.45, 2.75) is 19.5 Å². The molecular weight excluding hydrogens is 204 g/mol. The third kappa shape index (κ3) is 2.02. The number of para-hydroxylation sites is 1. The SMILES string of the molecule is CC(C(=O)O)N1CCNCc2ccccc21. The van der Waals surface area contributed by atoms with Gasteiger partial charge >= 0.3 is 5.97 Å². The summed E-state index contributed by atoms with van der Waals surface area (Å²) in [6, 6.07) is 7.47. The lowest BCUT2D eigenvalue weighted by Crippen LogP contribution is -2.41. The Hall–Kier alpha value is -1.55. The maximum Gasteiger partial charge on any atom is 0.326 e. The number of fused-ring (bicyclic) bond motifs is 1. The van der Waals surface area contributed by atoms with Gasteiger partial charge in [-0.1, -0.05) is 18.2 Å². The number of anilines is 1. The van der Waals surface area contributed by atoms with Crippen LogP contribution in [0.4, 0.5) is 5.69 Å². The highest BCUT2D eigenvalue weighted by Gasteiger charge is 2.23. The Morgan fingerprint density at radius 1 is 1.50 bits per heavy atom. The minimum absolute atomic E-state index is 0.485. The zero-order valence-electron chi connectivity index (χ0n) is 9.31. The Balaban J connectivity index is 2.36. The van der Waals surface area contributed by atoms with Crippen molar-refractivity contribution in [3.8, 4) is 0 Å². The maximum atomic E-state index is 11.1. The van der Waals surface area contributed by atoms with Gasteiger partial charge in [-0.25, -0.2) is 4.79 Å². The standard InChI is InChI=1S/C12H16N2O2/c1-9(12(15)16)14-7-6-13-8-10-4-2-3-5-11(10)14/h2-5,9,13H,6-8H2,1H3,(H,15,16). The summed E-state index contributed by atoms with van der Waals surface area (Å²) in [5, 5.41) is 12.4. The number of carboxylic acid groups (broad SMARTS) is 1. The number of rotatable bonds is 2. The fourth-order valence-corrected chi connectivity index (χ4v) is 2.02. The van der Waals surface area contributed by atoms with Crippen LogP contribution < -0.4 is 10.2 Å². The molecule has 1 aromatic rings. The van der Waals surface area contributed by atoms with Crippen molar-refractivity contribution in [1.82, 2.24) is 5.32 Å². The van der Waals surface area contributed by atoms with Crippen molar-refractivity contribution < 1.29 is 9.90 Å². The molecule has 0 amide bonds. The van der Waals surface area contributed by atoms with Crippen molar-refractivity contribution >= 4 is 11.7 Å². The first-order valence-electron chi connectivity index (χ1n) is 5.48. The lowest BCUT2D eigenvalue weighted by Gasteiger charge is -2.28. The third-order valence-electron chi connectivity index (χ3n) is 2.97. The van der Waals surface area contributed by atoms with Gasteiger partial charge in [-0.2, -0.15) is 0 Å². The molecule has 2 N–H and O–H groups in total. The fraction of sp³-hybridized carbons (Fsp3) is 0.417. The molecule has 16 heavy (non-hydrogen) atoms. The van der Waals surface area contributed by atoms with Crippen LogP contribution in [0.15, 0.2) is 24.3 Å². The highest BCUT2D eigenvalue weighted by molar-refractivity contribution is 5.78. The molecule has 0 aromatic heterocycles. The van der Waals surface area contributed by atoms with Gasteiger partial charge in [0.15, 0.2) is 0 Å². The average molecular weight is 220 g/mol. The van der Waals surface area contributed by atoms with E-state index in [2.05, 4.69) is 5.32 Å². The molecule has 1 heterocycles. The van der Waals surface area contributed by atoms with Gasteiger partial charge in [-0.05, 0) is 18.6 Å². The van der Waals surface area contributed by atoms with E-state index in [1.807, 2.05) is 29.2 Å². The van der Waals surface area contributed by atoms with Crippen LogP contribution in [0.5, 0.6) is 0 Å². The van der Waals surface area contributed by atoms with E-state index in [0.717, 1.165) is 30.9 Å². The summed E-state index contributed by atoms with van der Waals surface area (Å²) in [7, 11) is 0. The Morgan fingerprint density at radius 2 is 2.25 bits per heavy atom. The molecule has 4 nitrogen and oxygen atoms in total. The Kier molecular flexibility index (Phi) is 3.10. The second-order valence-electron chi connectivity index (χ2n) is 4.01. The van der Waals surface area contributed by atoms with Crippen LogP contribution in [0.25, 0.3) is 0 Å². The number of nitrogens with one attached hydrogen (secondary N) is 1. The Labute approximate surface area is 94.9 Å². The fourth-order valence-electron chi connectivity index (χ4n) is 2.02. The molecule has 0 radical (unpaired) electrons. The molecular formula is C12H16N2O2. The number of aliphatic carboxylic acids is 1. The Morgan fingerprint density at radius 3 is 3.00 bits per heavy atom. The maximum absolute atomic E-state index is 11.1. The topological polar surface area (TPSA) is 52.6 Å². The van der Waals surface area contributed by atoms with Crippen molar-refractivity contribution in [2.75, 3.05) is 18.0 Å². The molecule has 0 saturated heterocycles. The van der Waals surface area contributed by atoms with Crippen LogP contribution >= 0.6 is 0 Å². The number of benzene rings is 1. The highest BCUT2D eigenvalue weighted by atomic mass is 16.4. The van der Waals surface area contributed by atoms with E-state index < -0.39 is 12.0 Å². The van der Waals surface area contributed by atoms with Gasteiger partial charge in [-0.3, -0.25) is 0 Å². The predicted octanol–water partition coefficient (Wildman–Crippen LogP) is 1.07. The summed E-state index contributed by atoms with van der Waals surface area (Å²) >= 11 is 0. The lowest BCUT2D eigenvalue weighted by atomic mass is 10.1. The van der Waals surface area contributed by atoms with Crippen LogP contribution in [-0.2, 0) is 11.3 Å². The van der Waals surface area contributed by atoms with Gasteiger partial charge in [-0.15, -0.1) is 0 Å². The monoisotopic (exact) mass is 220 g/mol. The normalized spacial score (nSPS) is 17.4. The van der Waals surface area contributed by atoms with Gasteiger partial charge in [0.2, 0.25) is 0 Å². The quantitative estimate of drug-likeness (QED) is 0.782. The number of hydrogen-bond acceptors (Lipinski definition) is 3. The average Bonchev–Trinajstić information content (AvgIpc) is 2.50. The summed E-state index contributed by atoms with van der Waals surface area (Å²) in [5.41, 5.74) is 2.19. The lowest BCUT2D eigenvalue weighted by molar-refractivity contribution is -0.138. The van der Waals surface area contributed by atoms with Crippen molar-refractivity contribution in [1.29, 1.82) is 0 Å². The van der Waals surface area contributed by atoms with E-state index in [1.54, 1.807) is 6.92 Å². The summed E-state index contributed by atoms with van der Waals surface area (Å²) in [4.78, 5) is 13.0. The first-order chi connectivity index (χ1) is 7.70. The minimum atomic E-state index is -0.781. The molecule has 1 unspecified atom stereocenters.